The minimum atomic E-state index is -1.13. The van der Waals surface area contributed by atoms with Crippen molar-refractivity contribution in [1.82, 2.24) is 14.6 Å². The van der Waals surface area contributed by atoms with Crippen molar-refractivity contribution >= 4 is 29.2 Å². The lowest BCUT2D eigenvalue weighted by atomic mass is 10.2. The highest BCUT2D eigenvalue weighted by Crippen LogP contribution is 2.24. The number of hydrogen-bond donors (Lipinski definition) is 2. The summed E-state index contributed by atoms with van der Waals surface area (Å²) >= 11 is 0. The van der Waals surface area contributed by atoms with E-state index in [1.807, 2.05) is 4.90 Å². The second-order valence-corrected chi connectivity index (χ2v) is 6.36. The van der Waals surface area contributed by atoms with Crippen LogP contribution in [0, 0.1) is 0 Å². The van der Waals surface area contributed by atoms with Gasteiger partial charge in [0.25, 0.3) is 5.91 Å². The molecule has 0 unspecified atom stereocenters. The van der Waals surface area contributed by atoms with Crippen molar-refractivity contribution < 1.29 is 24.2 Å². The van der Waals surface area contributed by atoms with Gasteiger partial charge >= 0.3 is 5.97 Å². The third kappa shape index (κ3) is 3.69. The molecule has 1 aliphatic heterocycles. The van der Waals surface area contributed by atoms with E-state index in [4.69, 9.17) is 9.47 Å². The second-order valence-electron chi connectivity index (χ2n) is 6.36. The summed E-state index contributed by atoms with van der Waals surface area (Å²) in [4.78, 5) is 30.6. The molecule has 29 heavy (non-hydrogen) atoms. The molecule has 1 amide bonds. The fourth-order valence-electron chi connectivity index (χ4n) is 3.17. The number of carbonyl (C=O) groups is 2. The molecule has 2 aromatic heterocycles. The highest BCUT2D eigenvalue weighted by molar-refractivity contribution is 6.03. The predicted octanol–water partition coefficient (Wildman–Crippen LogP) is 1.52. The topological polar surface area (TPSA) is 118 Å². The molecule has 10 heteroatoms. The first-order valence-corrected chi connectivity index (χ1v) is 8.98. The number of anilines is 2. The molecule has 1 aromatic carbocycles. The summed E-state index contributed by atoms with van der Waals surface area (Å²) in [5.41, 5.74) is 1.25. The number of carboxylic acid groups (broad SMARTS) is 1. The van der Waals surface area contributed by atoms with Crippen LogP contribution in [-0.4, -0.2) is 65.0 Å². The standard InChI is InChI=1S/C19H19N5O5/c1-28-13-4-2-12(3-5-13)17(25)21-19-20-15-7-6-14(23-8-10-29-11-9-23)16(18(26)27)24(15)22-19/h2-7H,8-11H2,1H3,(H,26,27)(H,21,22,25). The number of nitrogens with zero attached hydrogens (tertiary/aromatic N) is 4. The van der Waals surface area contributed by atoms with Crippen molar-refractivity contribution in [2.45, 2.75) is 0 Å². The van der Waals surface area contributed by atoms with Crippen LogP contribution < -0.4 is 15.0 Å². The number of morpholine rings is 1. The van der Waals surface area contributed by atoms with Gasteiger partial charge in [0.2, 0.25) is 5.95 Å². The number of ether oxygens (including phenoxy) is 2. The molecule has 150 valence electrons. The smallest absolute Gasteiger partial charge is 0.356 e. The first-order chi connectivity index (χ1) is 14.1. The zero-order valence-electron chi connectivity index (χ0n) is 15.7. The van der Waals surface area contributed by atoms with Gasteiger partial charge in [-0.1, -0.05) is 0 Å². The van der Waals surface area contributed by atoms with Crippen molar-refractivity contribution in [3.63, 3.8) is 0 Å². The summed E-state index contributed by atoms with van der Waals surface area (Å²) in [7, 11) is 1.54. The number of pyridine rings is 1. The van der Waals surface area contributed by atoms with Crippen molar-refractivity contribution in [3.05, 3.63) is 47.7 Å². The Kier molecular flexibility index (Phi) is 5.00. The van der Waals surface area contributed by atoms with Crippen molar-refractivity contribution in [2.24, 2.45) is 0 Å². The van der Waals surface area contributed by atoms with Gasteiger partial charge < -0.3 is 19.5 Å². The molecule has 2 N–H and O–H groups in total. The average molecular weight is 397 g/mol. The van der Waals surface area contributed by atoms with Gasteiger partial charge in [-0.15, -0.1) is 5.10 Å². The van der Waals surface area contributed by atoms with Crippen LogP contribution >= 0.6 is 0 Å². The van der Waals surface area contributed by atoms with Crippen molar-refractivity contribution in [3.8, 4) is 5.75 Å². The van der Waals surface area contributed by atoms with Crippen LogP contribution in [-0.2, 0) is 4.74 Å². The van der Waals surface area contributed by atoms with Gasteiger partial charge in [-0.05, 0) is 36.4 Å². The van der Waals surface area contributed by atoms with Gasteiger partial charge in [0.05, 0.1) is 26.0 Å². The molecule has 1 saturated heterocycles. The molecule has 1 fully saturated rings. The Morgan fingerprint density at radius 1 is 1.14 bits per heavy atom. The van der Waals surface area contributed by atoms with Crippen LogP contribution in [0.5, 0.6) is 5.75 Å². The number of rotatable bonds is 5. The van der Waals surface area contributed by atoms with Crippen LogP contribution in [0.25, 0.3) is 5.65 Å². The summed E-state index contributed by atoms with van der Waals surface area (Å²) in [5, 5.41) is 16.6. The Morgan fingerprint density at radius 3 is 2.52 bits per heavy atom. The van der Waals surface area contributed by atoms with Crippen LogP contribution in [0.15, 0.2) is 36.4 Å². The van der Waals surface area contributed by atoms with Gasteiger partial charge in [-0.2, -0.15) is 4.98 Å². The van der Waals surface area contributed by atoms with E-state index in [1.165, 1.54) is 4.52 Å². The summed E-state index contributed by atoms with van der Waals surface area (Å²) in [6.45, 7) is 2.22. The van der Waals surface area contributed by atoms with Crippen LogP contribution in [0.4, 0.5) is 11.6 Å². The minimum absolute atomic E-state index is 0.0122. The van der Waals surface area contributed by atoms with E-state index in [9.17, 15) is 14.7 Å². The molecule has 0 spiro atoms. The van der Waals surface area contributed by atoms with Gasteiger partial charge in [0.15, 0.2) is 11.3 Å². The predicted molar refractivity (Wildman–Crippen MR) is 104 cm³/mol. The van der Waals surface area contributed by atoms with Crippen LogP contribution in [0.2, 0.25) is 0 Å². The maximum absolute atomic E-state index is 12.4. The van der Waals surface area contributed by atoms with Gasteiger partial charge in [-0.25, -0.2) is 9.31 Å². The number of hydrogen-bond acceptors (Lipinski definition) is 7. The Hall–Kier alpha value is -3.66. The van der Waals surface area contributed by atoms with E-state index < -0.39 is 11.9 Å². The number of aromatic nitrogens is 3. The third-order valence-electron chi connectivity index (χ3n) is 4.61. The summed E-state index contributed by atoms with van der Waals surface area (Å²) in [6, 6.07) is 9.94. The first-order valence-electron chi connectivity index (χ1n) is 8.98. The Labute approximate surface area is 165 Å². The fourth-order valence-corrected chi connectivity index (χ4v) is 3.17. The third-order valence-corrected chi connectivity index (χ3v) is 4.61. The van der Waals surface area contributed by atoms with E-state index in [-0.39, 0.29) is 11.6 Å². The van der Waals surface area contributed by atoms with Gasteiger partial charge in [0.1, 0.15) is 5.75 Å². The highest BCUT2D eigenvalue weighted by Gasteiger charge is 2.23. The largest absolute Gasteiger partial charge is 0.497 e. The second kappa shape index (κ2) is 7.76. The number of amides is 1. The quantitative estimate of drug-likeness (QED) is 0.665. The molecular weight excluding hydrogens is 378 g/mol. The number of carbonyl (C=O) groups excluding carboxylic acids is 1. The highest BCUT2D eigenvalue weighted by atomic mass is 16.5. The molecule has 3 aromatic rings. The Morgan fingerprint density at radius 2 is 1.86 bits per heavy atom. The number of methoxy groups -OCH3 is 1. The average Bonchev–Trinajstić information content (AvgIpc) is 3.15. The summed E-state index contributed by atoms with van der Waals surface area (Å²) in [5.74, 6) is -0.884. The lowest BCUT2D eigenvalue weighted by Gasteiger charge is -2.29. The zero-order chi connectivity index (χ0) is 20.4. The molecule has 0 atom stereocenters. The maximum Gasteiger partial charge on any atom is 0.356 e. The van der Waals surface area contributed by atoms with Gasteiger partial charge in [0, 0.05) is 18.7 Å². The first kappa shape index (κ1) is 18.7. The summed E-state index contributed by atoms with van der Waals surface area (Å²) < 4.78 is 11.6. The van der Waals surface area contributed by atoms with Crippen molar-refractivity contribution in [1.29, 1.82) is 0 Å². The van der Waals surface area contributed by atoms with Crippen LogP contribution in [0.1, 0.15) is 20.8 Å². The van der Waals surface area contributed by atoms with E-state index in [1.54, 1.807) is 43.5 Å². The lowest BCUT2D eigenvalue weighted by molar-refractivity contribution is 0.0686. The van der Waals surface area contributed by atoms with Crippen LogP contribution in [0.3, 0.4) is 0 Å². The lowest BCUT2D eigenvalue weighted by Crippen LogP contribution is -2.37. The molecule has 0 saturated carbocycles. The minimum Gasteiger partial charge on any atom is -0.497 e. The normalized spacial score (nSPS) is 14.0. The SMILES string of the molecule is COc1ccc(C(=O)Nc2nc3ccc(N4CCOCC4)c(C(=O)O)n3n2)cc1. The molecule has 10 nitrogen and oxygen atoms in total. The molecule has 3 heterocycles. The van der Waals surface area contributed by atoms with E-state index in [0.717, 1.165) is 0 Å². The number of carboxylic acids is 1. The molecule has 0 radical (unpaired) electrons. The van der Waals surface area contributed by atoms with E-state index in [2.05, 4.69) is 15.4 Å². The number of fused-ring (bicyclic) bond motifs is 1. The maximum atomic E-state index is 12.4. The number of nitrogens with one attached hydrogen (secondary N) is 1. The molecule has 4 rings (SSSR count). The van der Waals surface area contributed by atoms with Crippen molar-refractivity contribution in [2.75, 3.05) is 43.6 Å². The van der Waals surface area contributed by atoms with E-state index in [0.29, 0.717) is 49.0 Å². The Balaban J connectivity index is 1.65. The number of aromatic carboxylic acids is 1. The number of benzene rings is 1. The monoisotopic (exact) mass is 397 g/mol. The molecular formula is C19H19N5O5. The molecule has 0 bridgehead atoms. The van der Waals surface area contributed by atoms with E-state index >= 15 is 0 Å². The summed E-state index contributed by atoms with van der Waals surface area (Å²) in [6.07, 6.45) is 0. The zero-order valence-corrected chi connectivity index (χ0v) is 15.7. The fraction of sp³-hybridized carbons (Fsp3) is 0.263. The molecule has 1 aliphatic rings. The molecule has 0 aliphatic carbocycles. The Bertz CT molecular complexity index is 1060. The van der Waals surface area contributed by atoms with Gasteiger partial charge in [-0.3, -0.25) is 10.1 Å².